The van der Waals surface area contributed by atoms with Crippen LogP contribution in [0.15, 0.2) is 58.1 Å². The molecular formula is C21H18FN3O2. The first kappa shape index (κ1) is 17.1. The first-order chi connectivity index (χ1) is 13.0. The van der Waals surface area contributed by atoms with Crippen LogP contribution in [0.3, 0.4) is 0 Å². The SMILES string of the molecule is CCCn1c(-c2ccc(F)cc2)nc2c(c(=O)c3ccccc3n2C)c1=O. The van der Waals surface area contributed by atoms with Gasteiger partial charge in [-0.3, -0.25) is 14.2 Å². The number of fused-ring (bicyclic) bond motifs is 2. The van der Waals surface area contributed by atoms with Gasteiger partial charge in [0.15, 0.2) is 5.65 Å². The van der Waals surface area contributed by atoms with Crippen LogP contribution in [-0.4, -0.2) is 14.1 Å². The van der Waals surface area contributed by atoms with E-state index in [1.54, 1.807) is 35.9 Å². The van der Waals surface area contributed by atoms with Crippen LogP contribution in [-0.2, 0) is 13.6 Å². The lowest BCUT2D eigenvalue weighted by molar-refractivity contribution is 0.627. The third-order valence-electron chi connectivity index (χ3n) is 4.75. The third-order valence-corrected chi connectivity index (χ3v) is 4.75. The van der Waals surface area contributed by atoms with Crippen molar-refractivity contribution in [2.24, 2.45) is 7.05 Å². The van der Waals surface area contributed by atoms with Crippen LogP contribution >= 0.6 is 0 Å². The lowest BCUT2D eigenvalue weighted by atomic mass is 10.1. The molecule has 0 amide bonds. The van der Waals surface area contributed by atoms with Gasteiger partial charge in [0.25, 0.3) is 5.56 Å². The van der Waals surface area contributed by atoms with Crippen molar-refractivity contribution in [2.75, 3.05) is 0 Å². The largest absolute Gasteiger partial charge is 0.328 e. The molecule has 0 N–H and O–H groups in total. The Morgan fingerprint density at radius 3 is 2.44 bits per heavy atom. The Kier molecular flexibility index (Phi) is 4.11. The zero-order valence-corrected chi connectivity index (χ0v) is 15.1. The minimum Gasteiger partial charge on any atom is -0.328 e. The predicted molar refractivity (Wildman–Crippen MR) is 104 cm³/mol. The predicted octanol–water partition coefficient (Wildman–Crippen LogP) is 3.46. The van der Waals surface area contributed by atoms with E-state index in [0.717, 1.165) is 0 Å². The summed E-state index contributed by atoms with van der Waals surface area (Å²) < 4.78 is 16.6. The molecule has 27 heavy (non-hydrogen) atoms. The monoisotopic (exact) mass is 363 g/mol. The minimum atomic E-state index is -0.368. The maximum absolute atomic E-state index is 13.3. The van der Waals surface area contributed by atoms with Crippen molar-refractivity contribution >= 4 is 21.9 Å². The minimum absolute atomic E-state index is 0.0792. The van der Waals surface area contributed by atoms with Crippen LogP contribution in [0.25, 0.3) is 33.3 Å². The van der Waals surface area contributed by atoms with Crippen molar-refractivity contribution in [1.29, 1.82) is 0 Å². The molecule has 0 aliphatic carbocycles. The van der Waals surface area contributed by atoms with Gasteiger partial charge in [0.05, 0.1) is 5.52 Å². The number of para-hydroxylation sites is 1. The molecule has 0 radical (unpaired) electrons. The normalized spacial score (nSPS) is 11.4. The fraction of sp³-hybridized carbons (Fsp3) is 0.190. The van der Waals surface area contributed by atoms with Gasteiger partial charge in [0.2, 0.25) is 5.43 Å². The average Bonchev–Trinajstić information content (AvgIpc) is 2.68. The highest BCUT2D eigenvalue weighted by Crippen LogP contribution is 2.21. The third kappa shape index (κ3) is 2.65. The van der Waals surface area contributed by atoms with E-state index < -0.39 is 0 Å². The van der Waals surface area contributed by atoms with Crippen LogP contribution in [0.1, 0.15) is 13.3 Å². The van der Waals surface area contributed by atoms with Gasteiger partial charge in [0.1, 0.15) is 17.0 Å². The highest BCUT2D eigenvalue weighted by molar-refractivity contribution is 5.91. The highest BCUT2D eigenvalue weighted by atomic mass is 19.1. The fourth-order valence-corrected chi connectivity index (χ4v) is 3.44. The number of aromatic nitrogens is 3. The van der Waals surface area contributed by atoms with Gasteiger partial charge >= 0.3 is 0 Å². The second-order valence-corrected chi connectivity index (χ2v) is 6.50. The Morgan fingerprint density at radius 1 is 1.04 bits per heavy atom. The topological polar surface area (TPSA) is 56.9 Å². The maximum atomic E-state index is 13.3. The van der Waals surface area contributed by atoms with Crippen molar-refractivity contribution in [3.05, 3.63) is 74.9 Å². The van der Waals surface area contributed by atoms with E-state index in [2.05, 4.69) is 4.98 Å². The highest BCUT2D eigenvalue weighted by Gasteiger charge is 2.18. The summed E-state index contributed by atoms with van der Waals surface area (Å²) in [4.78, 5) is 30.9. The Hall–Kier alpha value is -3.28. The molecule has 0 spiro atoms. The first-order valence-electron chi connectivity index (χ1n) is 8.81. The van der Waals surface area contributed by atoms with Gasteiger partial charge in [-0.15, -0.1) is 0 Å². The summed E-state index contributed by atoms with van der Waals surface area (Å²) >= 11 is 0. The van der Waals surface area contributed by atoms with Crippen molar-refractivity contribution in [2.45, 2.75) is 19.9 Å². The number of benzene rings is 2. The van der Waals surface area contributed by atoms with Gasteiger partial charge in [0, 0.05) is 24.5 Å². The smallest absolute Gasteiger partial charge is 0.267 e. The van der Waals surface area contributed by atoms with Crippen molar-refractivity contribution in [3.8, 4) is 11.4 Å². The second kappa shape index (κ2) is 6.46. The van der Waals surface area contributed by atoms with Crippen LogP contribution in [0.2, 0.25) is 0 Å². The van der Waals surface area contributed by atoms with E-state index >= 15 is 0 Å². The van der Waals surface area contributed by atoms with Crippen molar-refractivity contribution < 1.29 is 4.39 Å². The molecule has 5 nitrogen and oxygen atoms in total. The number of nitrogens with zero attached hydrogens (tertiary/aromatic N) is 3. The molecule has 0 bridgehead atoms. The van der Waals surface area contributed by atoms with Crippen LogP contribution in [0.4, 0.5) is 4.39 Å². The molecule has 2 heterocycles. The summed E-state index contributed by atoms with van der Waals surface area (Å²) in [6.07, 6.45) is 0.704. The molecule has 0 aliphatic rings. The van der Waals surface area contributed by atoms with E-state index in [1.807, 2.05) is 19.1 Å². The number of aryl methyl sites for hydroxylation is 1. The fourth-order valence-electron chi connectivity index (χ4n) is 3.44. The molecule has 0 saturated heterocycles. The van der Waals surface area contributed by atoms with Crippen LogP contribution in [0, 0.1) is 5.82 Å². The molecule has 2 aromatic carbocycles. The summed E-state index contributed by atoms with van der Waals surface area (Å²) in [5, 5.41) is 0.569. The molecule has 136 valence electrons. The second-order valence-electron chi connectivity index (χ2n) is 6.50. The van der Waals surface area contributed by atoms with E-state index in [9.17, 15) is 14.0 Å². The van der Waals surface area contributed by atoms with Crippen molar-refractivity contribution in [1.82, 2.24) is 14.1 Å². The summed E-state index contributed by atoms with van der Waals surface area (Å²) in [5.74, 6) is 0.0713. The van der Waals surface area contributed by atoms with Crippen LogP contribution in [0.5, 0.6) is 0 Å². The Bertz CT molecular complexity index is 1290. The van der Waals surface area contributed by atoms with Gasteiger partial charge in [-0.25, -0.2) is 9.37 Å². The number of rotatable bonds is 3. The van der Waals surface area contributed by atoms with Gasteiger partial charge in [-0.05, 0) is 42.8 Å². The number of pyridine rings is 1. The molecule has 0 aliphatic heterocycles. The molecule has 6 heteroatoms. The molecule has 0 fully saturated rings. The first-order valence-corrected chi connectivity index (χ1v) is 8.81. The molecule has 4 aromatic rings. The number of halogens is 1. The molecule has 0 saturated carbocycles. The zero-order chi connectivity index (χ0) is 19.1. The molecular weight excluding hydrogens is 345 g/mol. The van der Waals surface area contributed by atoms with E-state index in [1.165, 1.54) is 16.7 Å². The maximum Gasteiger partial charge on any atom is 0.267 e. The Balaban J connectivity index is 2.19. The van der Waals surface area contributed by atoms with Crippen LogP contribution < -0.4 is 11.0 Å². The molecule has 0 unspecified atom stereocenters. The summed E-state index contributed by atoms with van der Waals surface area (Å²) in [7, 11) is 1.79. The lowest BCUT2D eigenvalue weighted by Crippen LogP contribution is -2.29. The van der Waals surface area contributed by atoms with Gasteiger partial charge in [-0.2, -0.15) is 0 Å². The summed E-state index contributed by atoms with van der Waals surface area (Å²) in [5.41, 5.74) is 0.985. The Morgan fingerprint density at radius 2 is 1.74 bits per heavy atom. The standard InChI is InChI=1S/C21H18FN3O2/c1-3-12-25-19(13-8-10-14(22)11-9-13)23-20-17(21(25)27)18(26)15-6-4-5-7-16(15)24(20)2/h4-11H,3,12H2,1-2H3. The van der Waals surface area contributed by atoms with E-state index in [4.69, 9.17) is 0 Å². The lowest BCUT2D eigenvalue weighted by Gasteiger charge is -2.15. The average molecular weight is 363 g/mol. The van der Waals surface area contributed by atoms with Gasteiger partial charge < -0.3 is 4.57 Å². The quantitative estimate of drug-likeness (QED) is 0.524. The summed E-state index contributed by atoms with van der Waals surface area (Å²) in [6, 6.07) is 13.0. The molecule has 4 rings (SSSR count). The molecule has 0 atom stereocenters. The molecule has 2 aromatic heterocycles. The number of hydrogen-bond donors (Lipinski definition) is 0. The zero-order valence-electron chi connectivity index (χ0n) is 15.1. The van der Waals surface area contributed by atoms with Gasteiger partial charge in [-0.1, -0.05) is 19.1 Å². The number of hydrogen-bond acceptors (Lipinski definition) is 3. The van der Waals surface area contributed by atoms with E-state index in [0.29, 0.717) is 40.9 Å². The Labute approximate surface area is 154 Å². The summed E-state index contributed by atoms with van der Waals surface area (Å²) in [6.45, 7) is 2.37. The van der Waals surface area contributed by atoms with Crippen molar-refractivity contribution in [3.63, 3.8) is 0 Å². The van der Waals surface area contributed by atoms with E-state index in [-0.39, 0.29) is 22.2 Å².